The Morgan fingerprint density at radius 2 is 1.88 bits per heavy atom. The fourth-order valence-electron chi connectivity index (χ4n) is 2.26. The number of aromatic nitrogens is 2. The molecule has 1 aromatic carbocycles. The van der Waals surface area contributed by atoms with Gasteiger partial charge in [0.05, 0.1) is 16.8 Å². The number of aryl methyl sites for hydroxylation is 1. The van der Waals surface area contributed by atoms with Crippen molar-refractivity contribution >= 4 is 27.5 Å². The average Bonchev–Trinajstić information content (AvgIpc) is 3.08. The molecule has 3 rings (SSSR count). The number of hydrogen-bond acceptors (Lipinski definition) is 6. The highest BCUT2D eigenvalue weighted by atomic mass is 32.2. The lowest BCUT2D eigenvalue weighted by molar-refractivity contribution is 0.102. The highest BCUT2D eigenvalue weighted by molar-refractivity contribution is 7.90. The number of sulfonamides is 1. The van der Waals surface area contributed by atoms with Crippen LogP contribution < -0.4 is 10.0 Å². The zero-order valence-electron chi connectivity index (χ0n) is 13.6. The summed E-state index contributed by atoms with van der Waals surface area (Å²) in [5.41, 5.74) is 1.36. The Hall–Kier alpha value is -2.81. The van der Waals surface area contributed by atoms with Crippen molar-refractivity contribution in [1.29, 1.82) is 0 Å². The van der Waals surface area contributed by atoms with E-state index in [2.05, 4.69) is 25.0 Å². The van der Waals surface area contributed by atoms with E-state index >= 15 is 0 Å². The van der Waals surface area contributed by atoms with Gasteiger partial charge >= 0.3 is 0 Å². The Morgan fingerprint density at radius 1 is 1.12 bits per heavy atom. The molecule has 0 radical (unpaired) electrons. The molecule has 0 spiro atoms. The van der Waals surface area contributed by atoms with Crippen LogP contribution >= 0.6 is 0 Å². The second-order valence-electron chi connectivity index (χ2n) is 5.56. The van der Waals surface area contributed by atoms with Crippen LogP contribution in [0, 0.1) is 6.92 Å². The van der Waals surface area contributed by atoms with Crippen LogP contribution in [-0.2, 0) is 10.0 Å². The molecule has 8 nitrogen and oxygen atoms in total. The van der Waals surface area contributed by atoms with E-state index in [9.17, 15) is 13.2 Å². The lowest BCUT2D eigenvalue weighted by Crippen LogP contribution is -2.29. The number of benzene rings is 1. The van der Waals surface area contributed by atoms with Gasteiger partial charge in [0.1, 0.15) is 11.5 Å². The van der Waals surface area contributed by atoms with E-state index in [-0.39, 0.29) is 10.6 Å². The maximum Gasteiger partial charge on any atom is 0.275 e. The van der Waals surface area contributed by atoms with Crippen LogP contribution in [0.4, 0.5) is 5.69 Å². The highest BCUT2D eigenvalue weighted by Crippen LogP contribution is 2.15. The van der Waals surface area contributed by atoms with Crippen LogP contribution in [0.1, 0.15) is 29.0 Å². The van der Waals surface area contributed by atoms with Crippen molar-refractivity contribution < 1.29 is 13.2 Å². The maximum absolute atomic E-state index is 12.3. The number of aliphatic imine (C=N–C) groups is 1. The summed E-state index contributed by atoms with van der Waals surface area (Å²) in [6.45, 7) is 2.42. The van der Waals surface area contributed by atoms with Crippen molar-refractivity contribution in [2.45, 2.75) is 24.7 Å². The molecule has 130 valence electrons. The van der Waals surface area contributed by atoms with E-state index in [0.29, 0.717) is 30.2 Å². The summed E-state index contributed by atoms with van der Waals surface area (Å²) in [5.74, 6) is 0.0665. The smallest absolute Gasteiger partial charge is 0.275 e. The second-order valence-corrected chi connectivity index (χ2v) is 7.24. The predicted molar refractivity (Wildman–Crippen MR) is 93.0 cm³/mol. The lowest BCUT2D eigenvalue weighted by Gasteiger charge is -2.09. The summed E-state index contributed by atoms with van der Waals surface area (Å²) < 4.78 is 27.0. The quantitative estimate of drug-likeness (QED) is 0.859. The van der Waals surface area contributed by atoms with Gasteiger partial charge in [-0.05, 0) is 37.6 Å². The molecule has 1 aromatic heterocycles. The normalized spacial score (nSPS) is 14.0. The van der Waals surface area contributed by atoms with Crippen LogP contribution in [-0.4, -0.2) is 36.7 Å². The Bertz CT molecular complexity index is 906. The van der Waals surface area contributed by atoms with Crippen molar-refractivity contribution in [3.63, 3.8) is 0 Å². The molecule has 25 heavy (non-hydrogen) atoms. The minimum absolute atomic E-state index is 0.107. The van der Waals surface area contributed by atoms with Gasteiger partial charge in [0.2, 0.25) is 0 Å². The van der Waals surface area contributed by atoms with Crippen molar-refractivity contribution in [1.82, 2.24) is 14.7 Å². The first-order chi connectivity index (χ1) is 11.9. The second kappa shape index (κ2) is 6.98. The molecule has 0 saturated heterocycles. The summed E-state index contributed by atoms with van der Waals surface area (Å²) in [5, 5.41) is 2.65. The van der Waals surface area contributed by atoms with Crippen molar-refractivity contribution in [3.05, 3.63) is 48.0 Å². The van der Waals surface area contributed by atoms with Gasteiger partial charge < -0.3 is 5.32 Å². The Labute approximate surface area is 145 Å². The van der Waals surface area contributed by atoms with Crippen LogP contribution in [0.5, 0.6) is 0 Å². The zero-order valence-corrected chi connectivity index (χ0v) is 14.4. The molecular formula is C16H17N5O3S. The molecule has 1 aliphatic rings. The number of rotatable bonds is 4. The predicted octanol–water partition coefficient (Wildman–Crippen LogP) is 1.51. The minimum Gasteiger partial charge on any atom is -0.321 e. The topological polar surface area (TPSA) is 113 Å². The van der Waals surface area contributed by atoms with E-state index < -0.39 is 15.9 Å². The number of carbonyl (C=O) groups excluding carboxylic acids is 1. The summed E-state index contributed by atoms with van der Waals surface area (Å²) in [4.78, 5) is 24.3. The van der Waals surface area contributed by atoms with Gasteiger partial charge in [-0.3, -0.25) is 19.5 Å². The number of nitrogens with one attached hydrogen (secondary N) is 2. The lowest BCUT2D eigenvalue weighted by atomic mass is 10.3. The number of carbonyl (C=O) groups is 1. The monoisotopic (exact) mass is 359 g/mol. The van der Waals surface area contributed by atoms with Crippen molar-refractivity contribution in [2.24, 2.45) is 4.99 Å². The molecule has 0 fully saturated rings. The third-order valence-electron chi connectivity index (χ3n) is 3.56. The Kier molecular flexibility index (Phi) is 4.75. The highest BCUT2D eigenvalue weighted by Gasteiger charge is 2.18. The maximum atomic E-state index is 12.3. The molecule has 2 aromatic rings. The number of nitrogens with zero attached hydrogens (tertiary/aromatic N) is 3. The number of anilines is 1. The molecule has 2 N–H and O–H groups in total. The van der Waals surface area contributed by atoms with Crippen LogP contribution in [0.2, 0.25) is 0 Å². The SMILES string of the molecule is Cc1cnc(C(=O)Nc2ccc(S(=O)(=O)NC3=NCCC3)cc2)cn1. The van der Waals surface area contributed by atoms with E-state index in [4.69, 9.17) is 0 Å². The number of amidine groups is 1. The van der Waals surface area contributed by atoms with Gasteiger partial charge in [-0.25, -0.2) is 13.4 Å². The largest absolute Gasteiger partial charge is 0.321 e. The van der Waals surface area contributed by atoms with E-state index in [1.165, 1.54) is 36.7 Å². The van der Waals surface area contributed by atoms with Crippen molar-refractivity contribution in [2.75, 3.05) is 11.9 Å². The summed E-state index contributed by atoms with van der Waals surface area (Å²) in [7, 11) is -3.66. The minimum atomic E-state index is -3.66. The molecule has 1 amide bonds. The molecular weight excluding hydrogens is 342 g/mol. The molecule has 0 saturated carbocycles. The average molecular weight is 359 g/mol. The molecule has 1 aliphatic heterocycles. The molecule has 2 heterocycles. The summed E-state index contributed by atoms with van der Waals surface area (Å²) >= 11 is 0. The van der Waals surface area contributed by atoms with E-state index in [1.807, 2.05) is 0 Å². The van der Waals surface area contributed by atoms with Gasteiger partial charge in [-0.2, -0.15) is 0 Å². The fourth-order valence-corrected chi connectivity index (χ4v) is 3.35. The van der Waals surface area contributed by atoms with Crippen molar-refractivity contribution in [3.8, 4) is 0 Å². The van der Waals surface area contributed by atoms with Gasteiger partial charge in [-0.15, -0.1) is 0 Å². The first-order valence-electron chi connectivity index (χ1n) is 7.70. The third kappa shape index (κ3) is 4.18. The number of amides is 1. The fraction of sp³-hybridized carbons (Fsp3) is 0.250. The van der Waals surface area contributed by atoms with Crippen LogP contribution in [0.15, 0.2) is 46.5 Å². The van der Waals surface area contributed by atoms with Gasteiger partial charge in [0, 0.05) is 24.8 Å². The van der Waals surface area contributed by atoms with E-state index in [1.54, 1.807) is 6.92 Å². The molecule has 0 bridgehead atoms. The molecule has 0 aliphatic carbocycles. The van der Waals surface area contributed by atoms with Crippen LogP contribution in [0.25, 0.3) is 0 Å². The summed E-state index contributed by atoms with van der Waals surface area (Å²) in [6, 6.07) is 5.89. The van der Waals surface area contributed by atoms with Gasteiger partial charge in [-0.1, -0.05) is 0 Å². The Balaban J connectivity index is 1.69. The van der Waals surface area contributed by atoms with Gasteiger partial charge in [0.15, 0.2) is 0 Å². The first kappa shape index (κ1) is 17.0. The molecule has 0 unspecified atom stereocenters. The first-order valence-corrected chi connectivity index (χ1v) is 9.18. The standard InChI is InChI=1S/C16H17N5O3S/c1-11-9-19-14(10-18-11)16(22)20-12-4-6-13(7-5-12)25(23,24)21-15-3-2-8-17-15/h4-7,9-10H,2-3,8H2,1H3,(H,17,21)(H,20,22). The summed E-state index contributed by atoms with van der Waals surface area (Å²) in [6.07, 6.45) is 4.37. The number of hydrogen-bond donors (Lipinski definition) is 2. The van der Waals surface area contributed by atoms with Gasteiger partial charge in [0.25, 0.3) is 15.9 Å². The van der Waals surface area contributed by atoms with Crippen LogP contribution in [0.3, 0.4) is 0 Å². The third-order valence-corrected chi connectivity index (χ3v) is 4.96. The molecule has 0 atom stereocenters. The zero-order chi connectivity index (χ0) is 17.9. The Morgan fingerprint density at radius 3 is 2.48 bits per heavy atom. The molecule has 9 heteroatoms. The van der Waals surface area contributed by atoms with E-state index in [0.717, 1.165) is 6.42 Å².